The summed E-state index contributed by atoms with van der Waals surface area (Å²) in [6, 6.07) is 15.2. The molecule has 0 saturated carbocycles. The number of likely N-dealkylation sites (tertiary alicyclic amines) is 1. The fraction of sp³-hybridized carbons (Fsp3) is 0.344. The smallest absolute Gasteiger partial charge is 0.319 e. The zero-order valence-corrected chi connectivity index (χ0v) is 23.9. The lowest BCUT2D eigenvalue weighted by Crippen LogP contribution is -2.55. The first-order valence-corrected chi connectivity index (χ1v) is 14.3. The third kappa shape index (κ3) is 5.66. The Hall–Kier alpha value is -4.82. The number of nitriles is 1. The van der Waals surface area contributed by atoms with Crippen LogP contribution in [0, 0.1) is 11.3 Å². The predicted octanol–water partition coefficient (Wildman–Crippen LogP) is 4.44. The lowest BCUT2D eigenvalue weighted by atomic mass is 9.98. The first-order chi connectivity index (χ1) is 20.8. The van der Waals surface area contributed by atoms with Crippen LogP contribution >= 0.6 is 0 Å². The second-order valence-corrected chi connectivity index (χ2v) is 11.1. The molecule has 4 heterocycles. The number of phenols is 1. The number of hydrogen-bond donors (Lipinski definition) is 1. The Bertz CT molecular complexity index is 1760. The molecule has 0 radical (unpaired) electrons. The van der Waals surface area contributed by atoms with Crippen molar-refractivity contribution in [3.05, 3.63) is 61.1 Å². The molecule has 0 spiro atoms. The highest BCUT2D eigenvalue weighted by molar-refractivity contribution is 5.99. The van der Waals surface area contributed by atoms with E-state index < -0.39 is 17.8 Å². The van der Waals surface area contributed by atoms with Gasteiger partial charge in [0.15, 0.2) is 11.6 Å². The lowest BCUT2D eigenvalue weighted by molar-refractivity contribution is -0.131. The van der Waals surface area contributed by atoms with Crippen molar-refractivity contribution < 1.29 is 19.0 Å². The summed E-state index contributed by atoms with van der Waals surface area (Å²) in [5.74, 6) is -1.20. The minimum absolute atomic E-state index is 0.0259. The SMILES string of the molecule is C=C(F)C(=O)N1CCN(c2nc(OCC3CCCN3C)nc3cc(-c4cc(O)cc5ccccc45)cnc23)C[C@@H]1CC#N. The number of aromatic hydroxyl groups is 1. The van der Waals surface area contributed by atoms with E-state index in [9.17, 15) is 19.6 Å². The molecule has 6 rings (SSSR count). The van der Waals surface area contributed by atoms with Gasteiger partial charge in [0.25, 0.3) is 5.91 Å². The van der Waals surface area contributed by atoms with Crippen LogP contribution in [0.4, 0.5) is 10.2 Å². The van der Waals surface area contributed by atoms with Gasteiger partial charge in [-0.1, -0.05) is 30.8 Å². The van der Waals surface area contributed by atoms with Crippen molar-refractivity contribution >= 4 is 33.5 Å². The number of rotatable bonds is 7. The summed E-state index contributed by atoms with van der Waals surface area (Å²) >= 11 is 0. The lowest BCUT2D eigenvalue weighted by Gasteiger charge is -2.41. The summed E-state index contributed by atoms with van der Waals surface area (Å²) in [5.41, 5.74) is 2.67. The number of anilines is 1. The highest BCUT2D eigenvalue weighted by Gasteiger charge is 2.33. The Morgan fingerprint density at radius 1 is 1.19 bits per heavy atom. The number of benzene rings is 2. The summed E-state index contributed by atoms with van der Waals surface area (Å²) in [4.78, 5) is 32.3. The minimum Gasteiger partial charge on any atom is -0.508 e. The zero-order valence-electron chi connectivity index (χ0n) is 23.9. The molecule has 220 valence electrons. The minimum atomic E-state index is -1.05. The molecule has 2 aliphatic rings. The number of piperazine rings is 1. The summed E-state index contributed by atoms with van der Waals surface area (Å²) in [6.45, 7) is 5.39. The van der Waals surface area contributed by atoms with Crippen molar-refractivity contribution in [3.63, 3.8) is 0 Å². The van der Waals surface area contributed by atoms with E-state index in [1.54, 1.807) is 18.3 Å². The van der Waals surface area contributed by atoms with E-state index >= 15 is 0 Å². The molecule has 1 amide bonds. The molecule has 2 saturated heterocycles. The van der Waals surface area contributed by atoms with Crippen molar-refractivity contribution in [2.75, 3.05) is 44.7 Å². The Kier molecular flexibility index (Phi) is 7.78. The van der Waals surface area contributed by atoms with E-state index in [4.69, 9.17) is 19.7 Å². The fourth-order valence-electron chi connectivity index (χ4n) is 6.06. The molecule has 11 heteroatoms. The van der Waals surface area contributed by atoms with Gasteiger partial charge in [-0.3, -0.25) is 9.78 Å². The molecule has 2 aromatic heterocycles. The van der Waals surface area contributed by atoms with Gasteiger partial charge in [0, 0.05) is 37.4 Å². The van der Waals surface area contributed by atoms with Crippen molar-refractivity contribution in [1.82, 2.24) is 24.8 Å². The van der Waals surface area contributed by atoms with Crippen LogP contribution in [0.15, 0.2) is 61.1 Å². The number of halogens is 1. The van der Waals surface area contributed by atoms with Gasteiger partial charge in [0.2, 0.25) is 0 Å². The number of hydrogen-bond acceptors (Lipinski definition) is 9. The van der Waals surface area contributed by atoms with Crippen molar-refractivity contribution in [3.8, 4) is 29.0 Å². The topological polar surface area (TPSA) is 119 Å². The third-order valence-electron chi connectivity index (χ3n) is 8.33. The van der Waals surface area contributed by atoms with Crippen LogP contribution in [0.3, 0.4) is 0 Å². The summed E-state index contributed by atoms with van der Waals surface area (Å²) in [5, 5.41) is 21.8. The summed E-state index contributed by atoms with van der Waals surface area (Å²) in [7, 11) is 2.08. The molecule has 0 bridgehead atoms. The van der Waals surface area contributed by atoms with Gasteiger partial charge in [-0.15, -0.1) is 0 Å². The van der Waals surface area contributed by atoms with E-state index in [1.165, 1.54) is 4.90 Å². The predicted molar refractivity (Wildman–Crippen MR) is 161 cm³/mol. The fourth-order valence-corrected chi connectivity index (χ4v) is 6.06. The normalized spacial score (nSPS) is 19.1. The third-order valence-corrected chi connectivity index (χ3v) is 8.33. The van der Waals surface area contributed by atoms with Gasteiger partial charge in [0.1, 0.15) is 17.9 Å². The number of ether oxygens (including phenoxy) is 1. The molecule has 2 fully saturated rings. The van der Waals surface area contributed by atoms with E-state index in [0.717, 1.165) is 41.3 Å². The Morgan fingerprint density at radius 2 is 2.02 bits per heavy atom. The van der Waals surface area contributed by atoms with Gasteiger partial charge in [0.05, 0.1) is 24.0 Å². The van der Waals surface area contributed by atoms with Crippen LogP contribution in [0.25, 0.3) is 32.9 Å². The van der Waals surface area contributed by atoms with Gasteiger partial charge in [-0.05, 0) is 61.0 Å². The number of phenolic OH excluding ortho intramolecular Hbond substituents is 1. The Morgan fingerprint density at radius 3 is 2.79 bits per heavy atom. The Balaban J connectivity index is 1.41. The van der Waals surface area contributed by atoms with Crippen LogP contribution in [0.5, 0.6) is 11.8 Å². The zero-order chi connectivity index (χ0) is 30.1. The second kappa shape index (κ2) is 11.8. The van der Waals surface area contributed by atoms with Crippen LogP contribution < -0.4 is 9.64 Å². The molecular formula is C32H32FN7O3. The van der Waals surface area contributed by atoms with Crippen LogP contribution in [-0.4, -0.2) is 87.7 Å². The monoisotopic (exact) mass is 581 g/mol. The standard InChI is InChI=1S/C32H32FN7O3/c1-20(33)31(42)40-13-12-39(18-23(40)9-10-34)30-29-28(36-32(37-30)43-19-24-7-5-11-38(24)2)15-22(17-35-29)27-16-25(41)14-21-6-3-4-8-26(21)27/h3-4,6,8,14-17,23-24,41H,1,5,7,9,11-13,18-19H2,2H3/t23-,24?/m0/s1. The van der Waals surface area contributed by atoms with Gasteiger partial charge in [-0.2, -0.15) is 15.2 Å². The quantitative estimate of drug-likeness (QED) is 0.316. The van der Waals surface area contributed by atoms with Crippen molar-refractivity contribution in [2.24, 2.45) is 0 Å². The van der Waals surface area contributed by atoms with Gasteiger partial charge < -0.3 is 24.5 Å². The van der Waals surface area contributed by atoms with Crippen molar-refractivity contribution in [2.45, 2.75) is 31.3 Å². The van der Waals surface area contributed by atoms with Crippen LogP contribution in [0.1, 0.15) is 19.3 Å². The first kappa shape index (κ1) is 28.3. The first-order valence-electron chi connectivity index (χ1n) is 14.3. The average molecular weight is 582 g/mol. The molecule has 2 atom stereocenters. The molecule has 10 nitrogen and oxygen atoms in total. The maximum atomic E-state index is 13.8. The van der Waals surface area contributed by atoms with E-state index in [1.807, 2.05) is 35.2 Å². The second-order valence-electron chi connectivity index (χ2n) is 11.1. The maximum Gasteiger partial charge on any atom is 0.319 e. The number of nitrogens with zero attached hydrogens (tertiary/aromatic N) is 7. The van der Waals surface area contributed by atoms with E-state index in [2.05, 4.69) is 24.6 Å². The molecule has 1 N–H and O–H groups in total. The molecule has 2 aliphatic heterocycles. The number of fused-ring (bicyclic) bond motifs is 2. The average Bonchev–Trinajstić information content (AvgIpc) is 3.42. The molecular weight excluding hydrogens is 549 g/mol. The number of carbonyl (C=O) groups is 1. The van der Waals surface area contributed by atoms with Gasteiger partial charge in [-0.25, -0.2) is 4.39 Å². The number of likely N-dealkylation sites (N-methyl/N-ethyl adjacent to an activating group) is 1. The maximum absolute atomic E-state index is 13.8. The number of amides is 1. The van der Waals surface area contributed by atoms with Crippen LogP contribution in [0.2, 0.25) is 0 Å². The number of pyridine rings is 1. The summed E-state index contributed by atoms with van der Waals surface area (Å²) in [6.07, 6.45) is 3.88. The molecule has 2 aromatic carbocycles. The van der Waals surface area contributed by atoms with Crippen molar-refractivity contribution in [1.29, 1.82) is 5.26 Å². The highest BCUT2D eigenvalue weighted by atomic mass is 19.1. The van der Waals surface area contributed by atoms with Crippen LogP contribution in [-0.2, 0) is 4.79 Å². The molecule has 43 heavy (non-hydrogen) atoms. The number of carbonyl (C=O) groups excluding carboxylic acids is 1. The van der Waals surface area contributed by atoms with Gasteiger partial charge >= 0.3 is 6.01 Å². The molecule has 4 aromatic rings. The summed E-state index contributed by atoms with van der Waals surface area (Å²) < 4.78 is 19.9. The van der Waals surface area contributed by atoms with E-state index in [-0.39, 0.29) is 37.3 Å². The Labute approximate surface area is 248 Å². The molecule has 1 unspecified atom stereocenters. The largest absolute Gasteiger partial charge is 0.508 e. The number of aromatic nitrogens is 3. The van der Waals surface area contributed by atoms with E-state index in [0.29, 0.717) is 30.0 Å². The highest BCUT2D eigenvalue weighted by Crippen LogP contribution is 2.35. The molecule has 0 aliphatic carbocycles.